The number of nitro benzene ring substituents is 1. The number of hydrogen-bond donors (Lipinski definition) is 1. The number of non-ortho nitro benzene ring substituents is 1. The molecule has 1 aromatic carbocycles. The lowest BCUT2D eigenvalue weighted by Crippen LogP contribution is -2.49. The molecule has 2 aromatic rings. The molecule has 28 heavy (non-hydrogen) atoms. The predicted molar refractivity (Wildman–Crippen MR) is 107 cm³/mol. The zero-order valence-corrected chi connectivity index (χ0v) is 16.2. The van der Waals surface area contributed by atoms with E-state index in [9.17, 15) is 14.9 Å². The Bertz CT molecular complexity index is 833. The Morgan fingerprint density at radius 1 is 1.25 bits per heavy atom. The first kappa shape index (κ1) is 19.8. The number of rotatable bonds is 6. The maximum Gasteiger partial charge on any atom is 0.271 e. The van der Waals surface area contributed by atoms with E-state index in [0.717, 1.165) is 0 Å². The molecule has 10 heteroatoms. The zero-order chi connectivity index (χ0) is 20.1. The summed E-state index contributed by atoms with van der Waals surface area (Å²) < 4.78 is 0. The lowest BCUT2D eigenvalue weighted by molar-refractivity contribution is -0.384. The predicted octanol–water partition coefficient (Wildman–Crippen LogP) is 2.50. The summed E-state index contributed by atoms with van der Waals surface area (Å²) in [6.07, 6.45) is 3.72. The number of carbonyl (C=O) groups is 1. The van der Waals surface area contributed by atoms with Crippen molar-refractivity contribution in [2.45, 2.75) is 13.3 Å². The minimum Gasteiger partial charge on any atom is -0.383 e. The third-order valence-corrected chi connectivity index (χ3v) is 4.89. The molecule has 0 bridgehead atoms. The third kappa shape index (κ3) is 4.66. The Labute approximate surface area is 167 Å². The number of aryl methyl sites for hydroxylation is 1. The normalized spacial score (nSPS) is 14.1. The van der Waals surface area contributed by atoms with E-state index in [-0.39, 0.29) is 16.6 Å². The van der Waals surface area contributed by atoms with Crippen LogP contribution < -0.4 is 10.2 Å². The van der Waals surface area contributed by atoms with E-state index >= 15 is 0 Å². The van der Waals surface area contributed by atoms with Crippen molar-refractivity contribution in [2.24, 2.45) is 0 Å². The van der Waals surface area contributed by atoms with Crippen LogP contribution in [0.2, 0.25) is 5.02 Å². The molecule has 2 heterocycles. The first-order valence-electron chi connectivity index (χ1n) is 8.94. The van der Waals surface area contributed by atoms with E-state index in [1.807, 2.05) is 4.90 Å². The monoisotopic (exact) mass is 404 g/mol. The van der Waals surface area contributed by atoms with Crippen LogP contribution >= 0.6 is 11.6 Å². The SMILES string of the molecule is Cc1cc([N+](=O)[O-])cc(Cl)c1NCCC(=O)N1CCN(c2ncccn2)CC1. The van der Waals surface area contributed by atoms with Gasteiger partial charge in [0.2, 0.25) is 11.9 Å². The minimum absolute atomic E-state index is 0.0515. The van der Waals surface area contributed by atoms with E-state index in [1.54, 1.807) is 25.4 Å². The highest BCUT2D eigenvalue weighted by atomic mass is 35.5. The number of anilines is 2. The number of nitro groups is 1. The van der Waals surface area contributed by atoms with E-state index in [1.165, 1.54) is 12.1 Å². The molecule has 148 valence electrons. The minimum atomic E-state index is -0.480. The molecule has 1 amide bonds. The maximum absolute atomic E-state index is 12.5. The quantitative estimate of drug-likeness (QED) is 0.582. The van der Waals surface area contributed by atoms with Crippen molar-refractivity contribution in [3.05, 3.63) is 51.3 Å². The van der Waals surface area contributed by atoms with Crippen molar-refractivity contribution < 1.29 is 9.72 Å². The summed E-state index contributed by atoms with van der Waals surface area (Å²) >= 11 is 6.14. The molecule has 0 saturated carbocycles. The average Bonchev–Trinajstić information content (AvgIpc) is 2.70. The molecule has 0 atom stereocenters. The van der Waals surface area contributed by atoms with Crippen LogP contribution in [0.1, 0.15) is 12.0 Å². The highest BCUT2D eigenvalue weighted by molar-refractivity contribution is 6.33. The van der Waals surface area contributed by atoms with Gasteiger partial charge in [-0.15, -0.1) is 0 Å². The van der Waals surface area contributed by atoms with Gasteiger partial charge in [-0.05, 0) is 18.6 Å². The summed E-state index contributed by atoms with van der Waals surface area (Å²) in [6, 6.07) is 4.54. The number of hydrogen-bond acceptors (Lipinski definition) is 7. The third-order valence-electron chi connectivity index (χ3n) is 4.59. The lowest BCUT2D eigenvalue weighted by Gasteiger charge is -2.34. The second-order valence-corrected chi connectivity index (χ2v) is 6.88. The van der Waals surface area contributed by atoms with Crippen LogP contribution in [0.25, 0.3) is 0 Å². The van der Waals surface area contributed by atoms with Gasteiger partial charge in [0.25, 0.3) is 5.69 Å². The molecule has 1 aliphatic rings. The Kier molecular flexibility index (Phi) is 6.25. The van der Waals surface area contributed by atoms with Crippen LogP contribution in [0.4, 0.5) is 17.3 Å². The average molecular weight is 405 g/mol. The van der Waals surface area contributed by atoms with Crippen LogP contribution in [0.3, 0.4) is 0 Å². The first-order chi connectivity index (χ1) is 13.5. The fraction of sp³-hybridized carbons (Fsp3) is 0.389. The molecular weight excluding hydrogens is 384 g/mol. The number of aromatic nitrogens is 2. The summed E-state index contributed by atoms with van der Waals surface area (Å²) in [5.74, 6) is 0.733. The number of benzene rings is 1. The lowest BCUT2D eigenvalue weighted by atomic mass is 10.1. The number of carbonyl (C=O) groups excluding carboxylic acids is 1. The van der Waals surface area contributed by atoms with E-state index in [0.29, 0.717) is 56.3 Å². The summed E-state index contributed by atoms with van der Waals surface area (Å²) in [5, 5.41) is 14.3. The number of piperazine rings is 1. The topological polar surface area (TPSA) is 104 Å². The number of amides is 1. The van der Waals surface area contributed by atoms with Gasteiger partial charge in [-0.25, -0.2) is 9.97 Å². The van der Waals surface area contributed by atoms with Gasteiger partial charge in [-0.1, -0.05) is 11.6 Å². The van der Waals surface area contributed by atoms with Gasteiger partial charge < -0.3 is 15.1 Å². The Balaban J connectivity index is 1.48. The molecule has 1 aliphatic heterocycles. The fourth-order valence-electron chi connectivity index (χ4n) is 3.12. The van der Waals surface area contributed by atoms with Crippen LogP contribution in [0.5, 0.6) is 0 Å². The van der Waals surface area contributed by atoms with Gasteiger partial charge in [0, 0.05) is 63.7 Å². The largest absolute Gasteiger partial charge is 0.383 e. The van der Waals surface area contributed by atoms with Crippen molar-refractivity contribution in [1.82, 2.24) is 14.9 Å². The second kappa shape index (κ2) is 8.83. The van der Waals surface area contributed by atoms with Crippen molar-refractivity contribution >= 4 is 34.8 Å². The van der Waals surface area contributed by atoms with Crippen molar-refractivity contribution in [3.8, 4) is 0 Å². The molecule has 1 N–H and O–H groups in total. The molecule has 1 fully saturated rings. The second-order valence-electron chi connectivity index (χ2n) is 6.47. The molecule has 1 aromatic heterocycles. The van der Waals surface area contributed by atoms with Crippen molar-refractivity contribution in [1.29, 1.82) is 0 Å². The van der Waals surface area contributed by atoms with Crippen molar-refractivity contribution in [3.63, 3.8) is 0 Å². The summed E-state index contributed by atoms with van der Waals surface area (Å²) in [4.78, 5) is 35.2. The molecule has 0 unspecified atom stereocenters. The summed E-state index contributed by atoms with van der Waals surface area (Å²) in [6.45, 7) is 4.77. The first-order valence-corrected chi connectivity index (χ1v) is 9.31. The van der Waals surface area contributed by atoms with Gasteiger partial charge in [0.15, 0.2) is 0 Å². The molecule has 0 aliphatic carbocycles. The van der Waals surface area contributed by atoms with E-state index in [4.69, 9.17) is 11.6 Å². The van der Waals surface area contributed by atoms with Gasteiger partial charge in [-0.2, -0.15) is 0 Å². The van der Waals surface area contributed by atoms with Crippen LogP contribution in [-0.4, -0.2) is 58.4 Å². The summed E-state index contributed by atoms with van der Waals surface area (Å²) in [7, 11) is 0. The zero-order valence-electron chi connectivity index (χ0n) is 15.5. The fourth-order valence-corrected chi connectivity index (χ4v) is 3.45. The highest BCUT2D eigenvalue weighted by Gasteiger charge is 2.22. The molecule has 0 spiro atoms. The number of nitrogens with one attached hydrogen (secondary N) is 1. The van der Waals surface area contributed by atoms with Crippen LogP contribution in [0, 0.1) is 17.0 Å². The van der Waals surface area contributed by atoms with Crippen LogP contribution in [-0.2, 0) is 4.79 Å². The standard InChI is InChI=1S/C18H21ClN6O3/c1-13-11-14(25(27)28)12-15(19)17(13)20-6-3-16(26)23-7-9-24(10-8-23)18-21-4-2-5-22-18/h2,4-5,11-12,20H,3,6-10H2,1H3. The Hall–Kier alpha value is -2.94. The van der Waals surface area contributed by atoms with Gasteiger partial charge in [0.05, 0.1) is 15.6 Å². The molecule has 3 rings (SSSR count). The smallest absolute Gasteiger partial charge is 0.271 e. The molecule has 9 nitrogen and oxygen atoms in total. The maximum atomic E-state index is 12.5. The van der Waals surface area contributed by atoms with Gasteiger partial charge in [-0.3, -0.25) is 14.9 Å². The summed E-state index contributed by atoms with van der Waals surface area (Å²) in [5.41, 5.74) is 1.23. The van der Waals surface area contributed by atoms with E-state index < -0.39 is 4.92 Å². The van der Waals surface area contributed by atoms with Gasteiger partial charge in [0.1, 0.15) is 0 Å². The molecule has 0 radical (unpaired) electrons. The van der Waals surface area contributed by atoms with Crippen LogP contribution in [0.15, 0.2) is 30.6 Å². The van der Waals surface area contributed by atoms with Crippen molar-refractivity contribution in [2.75, 3.05) is 42.9 Å². The Morgan fingerprint density at radius 3 is 2.54 bits per heavy atom. The van der Waals surface area contributed by atoms with Gasteiger partial charge >= 0.3 is 0 Å². The van der Waals surface area contributed by atoms with E-state index in [2.05, 4.69) is 20.2 Å². The number of halogens is 1. The highest BCUT2D eigenvalue weighted by Crippen LogP contribution is 2.30. The molecular formula is C18H21ClN6O3. The number of nitrogens with zero attached hydrogens (tertiary/aromatic N) is 5. The Morgan fingerprint density at radius 2 is 1.93 bits per heavy atom. The molecule has 1 saturated heterocycles.